The highest BCUT2D eigenvalue weighted by atomic mass is 16.3. The van der Waals surface area contributed by atoms with Crippen molar-refractivity contribution in [3.05, 3.63) is 60.0 Å². The smallest absolute Gasteiger partial charge is 0.155 e. The van der Waals surface area contributed by atoms with E-state index in [1.807, 2.05) is 47.2 Å². The molecule has 0 aliphatic rings. The number of aromatic nitrogens is 2. The Balaban J connectivity index is 2.21. The van der Waals surface area contributed by atoms with Crippen molar-refractivity contribution < 1.29 is 5.11 Å². The Morgan fingerprint density at radius 2 is 2.11 bits per heavy atom. The van der Waals surface area contributed by atoms with Crippen molar-refractivity contribution >= 4 is 6.21 Å². The first-order valence-corrected chi connectivity index (χ1v) is 5.64. The summed E-state index contributed by atoms with van der Waals surface area (Å²) in [4.78, 5) is 4.11. The number of hydrogen-bond donors (Lipinski definition) is 1. The molecule has 5 nitrogen and oxygen atoms in total. The molecule has 0 fully saturated rings. The first-order chi connectivity index (χ1) is 8.90. The topological polar surface area (TPSA) is 62.8 Å². The van der Waals surface area contributed by atoms with Crippen LogP contribution in [0, 0.1) is 0 Å². The van der Waals surface area contributed by atoms with Gasteiger partial charge in [0.2, 0.25) is 0 Å². The maximum atomic E-state index is 8.94. The average Bonchev–Trinajstić information content (AvgIpc) is 2.42. The molecule has 0 aliphatic heterocycles. The number of rotatable bonds is 4. The van der Waals surface area contributed by atoms with Gasteiger partial charge >= 0.3 is 0 Å². The lowest BCUT2D eigenvalue weighted by atomic mass is 10.4. The molecule has 0 atom stereocenters. The molecule has 92 valence electrons. The molecule has 0 spiro atoms. The van der Waals surface area contributed by atoms with Crippen molar-refractivity contribution in [2.45, 2.75) is 6.54 Å². The number of pyridine rings is 2. The van der Waals surface area contributed by atoms with E-state index in [4.69, 9.17) is 5.11 Å². The minimum atomic E-state index is 0.0706. The van der Waals surface area contributed by atoms with E-state index in [1.54, 1.807) is 12.4 Å². The zero-order valence-corrected chi connectivity index (χ0v) is 9.85. The Morgan fingerprint density at radius 1 is 1.22 bits per heavy atom. The molecule has 0 amide bonds. The van der Waals surface area contributed by atoms with Gasteiger partial charge in [0.15, 0.2) is 5.49 Å². The van der Waals surface area contributed by atoms with Crippen LogP contribution in [0.2, 0.25) is 0 Å². The summed E-state index contributed by atoms with van der Waals surface area (Å²) in [6.45, 7) is 0.569. The summed E-state index contributed by atoms with van der Waals surface area (Å²) in [6, 6.07) is 11.2. The molecule has 0 saturated heterocycles. The van der Waals surface area contributed by atoms with Gasteiger partial charge in [-0.3, -0.25) is 4.98 Å². The van der Waals surface area contributed by atoms with Gasteiger partial charge in [-0.25, -0.2) is 0 Å². The first kappa shape index (κ1) is 12.2. The second kappa shape index (κ2) is 6.46. The van der Waals surface area contributed by atoms with E-state index in [0.717, 1.165) is 5.69 Å². The lowest BCUT2D eigenvalue weighted by Crippen LogP contribution is -2.20. The summed E-state index contributed by atoms with van der Waals surface area (Å²) < 4.78 is 1.83. The highest BCUT2D eigenvalue weighted by Gasteiger charge is 1.90. The molecule has 2 aromatic heterocycles. The third-order valence-corrected chi connectivity index (χ3v) is 2.30. The van der Waals surface area contributed by atoms with Crippen LogP contribution in [0.3, 0.4) is 0 Å². The molecule has 0 aliphatic carbocycles. The van der Waals surface area contributed by atoms with Crippen LogP contribution < -0.4 is 5.49 Å². The fourth-order valence-electron chi connectivity index (χ4n) is 1.45. The molecule has 0 radical (unpaired) electrons. The molecule has 0 bridgehead atoms. The molecule has 2 rings (SSSR count). The van der Waals surface area contributed by atoms with Gasteiger partial charge in [-0.05, 0) is 24.3 Å². The van der Waals surface area contributed by atoms with Crippen LogP contribution in [0.15, 0.2) is 59.0 Å². The quantitative estimate of drug-likeness (QED) is 0.637. The van der Waals surface area contributed by atoms with Gasteiger partial charge in [-0.15, -0.1) is 5.10 Å². The summed E-state index contributed by atoms with van der Waals surface area (Å²) in [6.07, 6.45) is 5.15. The summed E-state index contributed by atoms with van der Waals surface area (Å²) in [5.74, 6) is 0. The second-order valence-electron chi connectivity index (χ2n) is 3.58. The minimum Gasteiger partial charge on any atom is -0.395 e. The monoisotopic (exact) mass is 242 g/mol. The molecule has 2 aromatic rings. The summed E-state index contributed by atoms with van der Waals surface area (Å²) in [5, 5.41) is 17.0. The molecule has 18 heavy (non-hydrogen) atoms. The van der Waals surface area contributed by atoms with E-state index in [0.29, 0.717) is 12.0 Å². The van der Waals surface area contributed by atoms with Gasteiger partial charge in [0.25, 0.3) is 0 Å². The SMILES string of the molecule is OCCn1ccccc1=NN=Cc1ccccn1. The van der Waals surface area contributed by atoms with E-state index < -0.39 is 0 Å². The molecular formula is C13H14N4O. The van der Waals surface area contributed by atoms with Gasteiger partial charge in [0.1, 0.15) is 0 Å². The summed E-state index contributed by atoms with van der Waals surface area (Å²) >= 11 is 0. The molecule has 0 unspecified atom stereocenters. The number of aliphatic hydroxyl groups excluding tert-OH is 1. The van der Waals surface area contributed by atoms with Gasteiger partial charge in [0, 0.05) is 18.9 Å². The summed E-state index contributed by atoms with van der Waals surface area (Å²) in [5.41, 5.74) is 1.45. The number of hydrogen-bond acceptors (Lipinski definition) is 4. The Bertz CT molecular complexity index is 575. The van der Waals surface area contributed by atoms with Crippen LogP contribution in [-0.2, 0) is 6.54 Å². The van der Waals surface area contributed by atoms with E-state index in [2.05, 4.69) is 15.2 Å². The van der Waals surface area contributed by atoms with Crippen molar-refractivity contribution in [1.29, 1.82) is 0 Å². The highest BCUT2D eigenvalue weighted by Crippen LogP contribution is 1.88. The van der Waals surface area contributed by atoms with E-state index >= 15 is 0 Å². The van der Waals surface area contributed by atoms with E-state index in [1.165, 1.54) is 0 Å². The number of nitrogens with zero attached hydrogens (tertiary/aromatic N) is 4. The molecule has 0 saturated carbocycles. The average molecular weight is 242 g/mol. The van der Waals surface area contributed by atoms with E-state index in [9.17, 15) is 0 Å². The van der Waals surface area contributed by atoms with Crippen molar-refractivity contribution in [3.8, 4) is 0 Å². The third-order valence-electron chi connectivity index (χ3n) is 2.30. The Hall–Kier alpha value is -2.27. The first-order valence-electron chi connectivity index (χ1n) is 5.64. The fourth-order valence-corrected chi connectivity index (χ4v) is 1.45. The van der Waals surface area contributed by atoms with E-state index in [-0.39, 0.29) is 6.61 Å². The predicted molar refractivity (Wildman–Crippen MR) is 68.9 cm³/mol. The maximum absolute atomic E-state index is 8.94. The molecule has 1 N–H and O–H groups in total. The second-order valence-corrected chi connectivity index (χ2v) is 3.58. The van der Waals surface area contributed by atoms with Gasteiger partial charge in [-0.2, -0.15) is 5.10 Å². The van der Waals surface area contributed by atoms with Crippen molar-refractivity contribution in [1.82, 2.24) is 9.55 Å². The van der Waals surface area contributed by atoms with Crippen LogP contribution in [0.4, 0.5) is 0 Å². The van der Waals surface area contributed by atoms with Gasteiger partial charge < -0.3 is 9.67 Å². The minimum absolute atomic E-state index is 0.0706. The highest BCUT2D eigenvalue weighted by molar-refractivity contribution is 5.76. The zero-order chi connectivity index (χ0) is 12.6. The summed E-state index contributed by atoms with van der Waals surface area (Å²) in [7, 11) is 0. The standard InChI is InChI=1S/C13H14N4O/c18-10-9-17-8-4-2-6-13(17)16-15-11-12-5-1-3-7-14-12/h1-8,11,18H,9-10H2. The largest absolute Gasteiger partial charge is 0.395 e. The fraction of sp³-hybridized carbons (Fsp3) is 0.154. The molecular weight excluding hydrogens is 228 g/mol. The molecule has 0 aromatic carbocycles. The predicted octanol–water partition coefficient (Wildman–Crippen LogP) is 0.810. The zero-order valence-electron chi connectivity index (χ0n) is 9.85. The van der Waals surface area contributed by atoms with Gasteiger partial charge in [-0.1, -0.05) is 12.1 Å². The lowest BCUT2D eigenvalue weighted by Gasteiger charge is -2.02. The molecule has 2 heterocycles. The van der Waals surface area contributed by atoms with Crippen LogP contribution in [0.1, 0.15) is 5.69 Å². The maximum Gasteiger partial charge on any atom is 0.155 e. The Morgan fingerprint density at radius 3 is 2.89 bits per heavy atom. The van der Waals surface area contributed by atoms with Crippen LogP contribution >= 0.6 is 0 Å². The third kappa shape index (κ3) is 3.36. The van der Waals surface area contributed by atoms with Crippen LogP contribution in [-0.4, -0.2) is 27.5 Å². The van der Waals surface area contributed by atoms with Crippen LogP contribution in [0.25, 0.3) is 0 Å². The molecule has 5 heteroatoms. The van der Waals surface area contributed by atoms with Crippen molar-refractivity contribution in [3.63, 3.8) is 0 Å². The Labute approximate surface area is 105 Å². The van der Waals surface area contributed by atoms with Crippen LogP contribution in [0.5, 0.6) is 0 Å². The number of aliphatic hydroxyl groups is 1. The Kier molecular flexibility index (Phi) is 4.38. The normalized spacial score (nSPS) is 12.2. The van der Waals surface area contributed by atoms with Crippen molar-refractivity contribution in [2.24, 2.45) is 10.2 Å². The van der Waals surface area contributed by atoms with Gasteiger partial charge in [0.05, 0.1) is 18.5 Å². The van der Waals surface area contributed by atoms with Crippen molar-refractivity contribution in [2.75, 3.05) is 6.61 Å². The lowest BCUT2D eigenvalue weighted by molar-refractivity contribution is 0.273.